The summed E-state index contributed by atoms with van der Waals surface area (Å²) in [7, 11) is 0. The number of para-hydroxylation sites is 1. The van der Waals surface area contributed by atoms with Crippen LogP contribution in [0.15, 0.2) is 67.0 Å². The number of primary amides is 1. The summed E-state index contributed by atoms with van der Waals surface area (Å²) in [6, 6.07) is 15.0. The topological polar surface area (TPSA) is 90.0 Å². The van der Waals surface area contributed by atoms with Gasteiger partial charge in [-0.05, 0) is 17.7 Å². The van der Waals surface area contributed by atoms with E-state index in [0.717, 1.165) is 0 Å². The molecular weight excluding hydrogens is 340 g/mol. The van der Waals surface area contributed by atoms with E-state index in [0.29, 0.717) is 21.8 Å². The smallest absolute Gasteiger partial charge is 0.255 e. The van der Waals surface area contributed by atoms with Crippen LogP contribution in [0.25, 0.3) is 5.69 Å². The third-order valence-corrected chi connectivity index (χ3v) is 3.96. The first-order valence-corrected chi connectivity index (χ1v) is 7.89. The minimum atomic E-state index is -0.919. The molecule has 0 aliphatic carbocycles. The molecule has 6 nitrogen and oxygen atoms in total. The van der Waals surface area contributed by atoms with E-state index in [9.17, 15) is 9.59 Å². The zero-order chi connectivity index (χ0) is 17.8. The average molecular weight is 355 g/mol. The van der Waals surface area contributed by atoms with Crippen molar-refractivity contribution in [2.24, 2.45) is 5.73 Å². The Kier molecular flexibility index (Phi) is 4.81. The van der Waals surface area contributed by atoms with Crippen molar-refractivity contribution in [3.63, 3.8) is 0 Å². The Bertz CT molecular complexity index is 908. The van der Waals surface area contributed by atoms with E-state index in [4.69, 9.17) is 17.3 Å². The predicted molar refractivity (Wildman–Crippen MR) is 94.4 cm³/mol. The number of aromatic nitrogens is 2. The molecule has 0 aliphatic heterocycles. The Balaban J connectivity index is 1.82. The number of carbonyl (C=O) groups excluding carboxylic acids is 2. The monoisotopic (exact) mass is 354 g/mol. The molecule has 2 aromatic carbocycles. The molecule has 1 atom stereocenters. The molecule has 0 fully saturated rings. The summed E-state index contributed by atoms with van der Waals surface area (Å²) in [6.07, 6.45) is 2.95. The van der Waals surface area contributed by atoms with Crippen LogP contribution in [0.1, 0.15) is 22.0 Å². The molecule has 1 unspecified atom stereocenters. The fourth-order valence-corrected chi connectivity index (χ4v) is 2.61. The first kappa shape index (κ1) is 16.7. The highest BCUT2D eigenvalue weighted by Gasteiger charge is 2.21. The number of halogens is 1. The third kappa shape index (κ3) is 3.70. The van der Waals surface area contributed by atoms with E-state index in [-0.39, 0.29) is 0 Å². The van der Waals surface area contributed by atoms with Crippen LogP contribution in [-0.4, -0.2) is 21.6 Å². The lowest BCUT2D eigenvalue weighted by Gasteiger charge is -2.15. The van der Waals surface area contributed by atoms with Crippen molar-refractivity contribution in [1.82, 2.24) is 15.1 Å². The highest BCUT2D eigenvalue weighted by molar-refractivity contribution is 6.32. The molecule has 0 aliphatic rings. The lowest BCUT2D eigenvalue weighted by molar-refractivity contribution is -0.120. The average Bonchev–Trinajstić information content (AvgIpc) is 3.10. The molecule has 126 valence electrons. The fraction of sp³-hybridized carbons (Fsp3) is 0.0556. The highest BCUT2D eigenvalue weighted by atomic mass is 35.5. The van der Waals surface area contributed by atoms with Crippen molar-refractivity contribution in [3.8, 4) is 5.69 Å². The van der Waals surface area contributed by atoms with Crippen molar-refractivity contribution in [2.45, 2.75) is 6.04 Å². The molecule has 0 saturated carbocycles. The standard InChI is InChI=1S/C18H15ClN4O2/c19-14-8-4-5-9-15(14)23-11-13(10-21-23)18(25)22-16(17(20)24)12-6-2-1-3-7-12/h1-11,16H,(H2,20,24)(H,22,25). The van der Waals surface area contributed by atoms with Gasteiger partial charge in [-0.1, -0.05) is 54.1 Å². The molecule has 3 N–H and O–H groups in total. The van der Waals surface area contributed by atoms with Gasteiger partial charge in [-0.15, -0.1) is 0 Å². The predicted octanol–water partition coefficient (Wildman–Crippen LogP) is 2.48. The van der Waals surface area contributed by atoms with Gasteiger partial charge in [-0.25, -0.2) is 4.68 Å². The van der Waals surface area contributed by atoms with Crippen LogP contribution in [0.2, 0.25) is 5.02 Å². The Morgan fingerprint density at radius 3 is 2.44 bits per heavy atom. The highest BCUT2D eigenvalue weighted by Crippen LogP contribution is 2.19. The number of benzene rings is 2. The van der Waals surface area contributed by atoms with Crippen LogP contribution in [0.4, 0.5) is 0 Å². The van der Waals surface area contributed by atoms with E-state index < -0.39 is 17.9 Å². The maximum Gasteiger partial charge on any atom is 0.255 e. The minimum Gasteiger partial charge on any atom is -0.368 e. The van der Waals surface area contributed by atoms with Crippen LogP contribution >= 0.6 is 11.6 Å². The lowest BCUT2D eigenvalue weighted by Crippen LogP contribution is -2.37. The quantitative estimate of drug-likeness (QED) is 0.737. The van der Waals surface area contributed by atoms with Gasteiger partial charge in [0.1, 0.15) is 6.04 Å². The molecule has 1 aromatic heterocycles. The van der Waals surface area contributed by atoms with Gasteiger partial charge in [-0.3, -0.25) is 9.59 Å². The van der Waals surface area contributed by atoms with Crippen molar-refractivity contribution >= 4 is 23.4 Å². The molecule has 25 heavy (non-hydrogen) atoms. The van der Waals surface area contributed by atoms with Gasteiger partial charge in [0.25, 0.3) is 5.91 Å². The number of nitrogens with one attached hydrogen (secondary N) is 1. The Hall–Kier alpha value is -3.12. The summed E-state index contributed by atoms with van der Waals surface area (Å²) in [5.41, 5.74) is 6.98. The summed E-state index contributed by atoms with van der Waals surface area (Å²) in [4.78, 5) is 24.2. The molecule has 0 radical (unpaired) electrons. The zero-order valence-electron chi connectivity index (χ0n) is 13.1. The molecule has 3 aromatic rings. The van der Waals surface area contributed by atoms with Crippen LogP contribution in [0.5, 0.6) is 0 Å². The number of rotatable bonds is 5. The molecule has 0 spiro atoms. The van der Waals surface area contributed by atoms with Gasteiger partial charge in [0.05, 0.1) is 22.5 Å². The van der Waals surface area contributed by atoms with Crippen LogP contribution in [0.3, 0.4) is 0 Å². The first-order chi connectivity index (χ1) is 12.1. The number of carbonyl (C=O) groups is 2. The number of nitrogens with zero attached hydrogens (tertiary/aromatic N) is 2. The largest absolute Gasteiger partial charge is 0.368 e. The zero-order valence-corrected chi connectivity index (χ0v) is 13.9. The Labute approximate surface area is 149 Å². The van der Waals surface area contributed by atoms with E-state index in [1.54, 1.807) is 48.7 Å². The molecule has 0 bridgehead atoms. The Morgan fingerprint density at radius 1 is 1.08 bits per heavy atom. The lowest BCUT2D eigenvalue weighted by atomic mass is 10.1. The number of nitrogens with two attached hydrogens (primary N) is 1. The van der Waals surface area contributed by atoms with E-state index in [2.05, 4.69) is 10.4 Å². The SMILES string of the molecule is NC(=O)C(NC(=O)c1cnn(-c2ccccc2Cl)c1)c1ccccc1. The van der Waals surface area contributed by atoms with Gasteiger partial charge in [0, 0.05) is 6.20 Å². The third-order valence-electron chi connectivity index (χ3n) is 3.64. The normalized spacial score (nSPS) is 11.7. The number of amides is 2. The van der Waals surface area contributed by atoms with Gasteiger partial charge >= 0.3 is 0 Å². The van der Waals surface area contributed by atoms with Crippen LogP contribution in [-0.2, 0) is 4.79 Å². The second-order valence-electron chi connectivity index (χ2n) is 5.34. The molecule has 0 saturated heterocycles. The van der Waals surface area contributed by atoms with E-state index >= 15 is 0 Å². The van der Waals surface area contributed by atoms with Crippen molar-refractivity contribution < 1.29 is 9.59 Å². The molecule has 1 heterocycles. The van der Waals surface area contributed by atoms with Crippen molar-refractivity contribution in [1.29, 1.82) is 0 Å². The van der Waals surface area contributed by atoms with E-state index in [1.807, 2.05) is 12.1 Å². The maximum absolute atomic E-state index is 12.5. The fourth-order valence-electron chi connectivity index (χ4n) is 2.39. The molecular formula is C18H15ClN4O2. The van der Waals surface area contributed by atoms with Gasteiger partial charge < -0.3 is 11.1 Å². The summed E-state index contributed by atoms with van der Waals surface area (Å²) < 4.78 is 1.50. The van der Waals surface area contributed by atoms with Gasteiger partial charge in [-0.2, -0.15) is 5.10 Å². The minimum absolute atomic E-state index is 0.294. The first-order valence-electron chi connectivity index (χ1n) is 7.51. The maximum atomic E-state index is 12.5. The molecule has 2 amide bonds. The van der Waals surface area contributed by atoms with Crippen molar-refractivity contribution in [3.05, 3.63) is 83.1 Å². The summed E-state index contributed by atoms with van der Waals surface area (Å²) in [5.74, 6) is -1.09. The van der Waals surface area contributed by atoms with Gasteiger partial charge in [0.15, 0.2) is 0 Å². The van der Waals surface area contributed by atoms with Crippen LogP contribution in [0, 0.1) is 0 Å². The van der Waals surface area contributed by atoms with Gasteiger partial charge in [0.2, 0.25) is 5.91 Å². The van der Waals surface area contributed by atoms with Crippen molar-refractivity contribution in [2.75, 3.05) is 0 Å². The molecule has 7 heteroatoms. The summed E-state index contributed by atoms with van der Waals surface area (Å²) >= 11 is 6.13. The number of hydrogen-bond acceptors (Lipinski definition) is 3. The van der Waals surface area contributed by atoms with E-state index in [1.165, 1.54) is 10.9 Å². The Morgan fingerprint density at radius 2 is 1.76 bits per heavy atom. The second-order valence-corrected chi connectivity index (χ2v) is 5.75. The molecule has 3 rings (SSSR count). The second kappa shape index (κ2) is 7.19. The number of hydrogen-bond donors (Lipinski definition) is 2. The van der Waals surface area contributed by atoms with Crippen LogP contribution < -0.4 is 11.1 Å². The summed E-state index contributed by atoms with van der Waals surface area (Å²) in [6.45, 7) is 0. The summed E-state index contributed by atoms with van der Waals surface area (Å²) in [5, 5.41) is 7.29.